The monoisotopic (exact) mass is 688 g/mol. The average molecular weight is 688 g/mol. The number of allylic oxidation sites excluding steroid dienone is 6. The first kappa shape index (κ1) is 46.6. The second kappa shape index (κ2) is 38.4. The van der Waals surface area contributed by atoms with E-state index >= 15 is 0 Å². The number of unbranched alkanes of at least 4 members (excludes halogenated alkanes) is 20. The Morgan fingerprint density at radius 1 is 0.531 bits per heavy atom. The van der Waals surface area contributed by atoms with Crippen molar-refractivity contribution in [3.63, 3.8) is 0 Å². The third kappa shape index (κ3) is 38.3. The zero-order chi connectivity index (χ0) is 35.9. The smallest absolute Gasteiger partial charge is 0.322 e. The summed E-state index contributed by atoms with van der Waals surface area (Å²) in [6, 6.07) is 0. The molecule has 0 rings (SSSR count). The van der Waals surface area contributed by atoms with Crippen LogP contribution < -0.4 is 5.32 Å². The van der Waals surface area contributed by atoms with E-state index in [1.165, 1.54) is 96.3 Å². The van der Waals surface area contributed by atoms with Gasteiger partial charge >= 0.3 is 11.9 Å². The van der Waals surface area contributed by atoms with Gasteiger partial charge in [0.15, 0.2) is 0 Å². The maximum Gasteiger partial charge on any atom is 0.322 e. The summed E-state index contributed by atoms with van der Waals surface area (Å²) in [5, 5.41) is 11.1. The van der Waals surface area contributed by atoms with E-state index in [0.717, 1.165) is 83.5 Å². The number of carbonyl (C=O) groups excluding carboxylic acids is 2. The van der Waals surface area contributed by atoms with Crippen molar-refractivity contribution < 1.29 is 24.2 Å². The molecule has 6 heteroatoms. The molecule has 6 nitrogen and oxygen atoms in total. The van der Waals surface area contributed by atoms with Gasteiger partial charge in [0.2, 0.25) is 5.91 Å². The van der Waals surface area contributed by atoms with Crippen molar-refractivity contribution in [1.29, 1.82) is 0 Å². The highest BCUT2D eigenvalue weighted by molar-refractivity contribution is 5.80. The highest BCUT2D eigenvalue weighted by Gasteiger charge is 2.14. The van der Waals surface area contributed by atoms with Gasteiger partial charge in [0.1, 0.15) is 12.6 Å². The van der Waals surface area contributed by atoms with E-state index in [0.29, 0.717) is 12.8 Å². The fourth-order valence-corrected chi connectivity index (χ4v) is 5.99. The summed E-state index contributed by atoms with van der Waals surface area (Å²) in [6.45, 7) is 4.19. The molecule has 0 radical (unpaired) electrons. The second-order valence-electron chi connectivity index (χ2n) is 13.9. The maximum absolute atomic E-state index is 12.7. The number of nitrogens with one attached hydrogen (secondary N) is 1. The number of hydrogen-bond acceptors (Lipinski definition) is 4. The van der Waals surface area contributed by atoms with E-state index in [9.17, 15) is 14.4 Å². The quantitative estimate of drug-likeness (QED) is 0.0385. The van der Waals surface area contributed by atoms with Crippen LogP contribution in [0.15, 0.2) is 36.5 Å². The molecule has 0 fully saturated rings. The Hall–Kier alpha value is -2.37. The summed E-state index contributed by atoms with van der Waals surface area (Å²) < 4.78 is 6.00. The van der Waals surface area contributed by atoms with Crippen molar-refractivity contribution in [2.75, 3.05) is 6.54 Å². The summed E-state index contributed by atoms with van der Waals surface area (Å²) in [4.78, 5) is 34.9. The van der Waals surface area contributed by atoms with Gasteiger partial charge in [0.25, 0.3) is 0 Å². The Balaban J connectivity index is 4.07. The van der Waals surface area contributed by atoms with Gasteiger partial charge in [-0.15, -0.1) is 0 Å². The lowest BCUT2D eigenvalue weighted by Gasteiger charge is -2.18. The molecular formula is C43H77NO5. The topological polar surface area (TPSA) is 92.7 Å². The summed E-state index contributed by atoms with van der Waals surface area (Å²) in [7, 11) is 0. The molecule has 0 saturated heterocycles. The first-order valence-electron chi connectivity index (χ1n) is 20.6. The first-order valence-corrected chi connectivity index (χ1v) is 20.6. The molecule has 49 heavy (non-hydrogen) atoms. The lowest BCUT2D eigenvalue weighted by atomic mass is 10.0. The van der Waals surface area contributed by atoms with Crippen LogP contribution in [0.4, 0.5) is 0 Å². The Labute approximate surface area is 302 Å². The third-order valence-corrected chi connectivity index (χ3v) is 9.06. The zero-order valence-electron chi connectivity index (χ0n) is 32.0. The summed E-state index contributed by atoms with van der Waals surface area (Å²) in [6.07, 6.45) is 46.9. The molecule has 0 aromatic carbocycles. The van der Waals surface area contributed by atoms with E-state index in [1.807, 2.05) is 0 Å². The van der Waals surface area contributed by atoms with Gasteiger partial charge in [-0.1, -0.05) is 153 Å². The van der Waals surface area contributed by atoms with E-state index in [2.05, 4.69) is 55.6 Å². The molecule has 1 atom stereocenters. The molecule has 1 amide bonds. The van der Waals surface area contributed by atoms with Crippen molar-refractivity contribution in [3.8, 4) is 0 Å². The molecule has 0 aliphatic rings. The maximum atomic E-state index is 12.7. The minimum absolute atomic E-state index is 0.0232. The fraction of sp³-hybridized carbons (Fsp3) is 0.791. The van der Waals surface area contributed by atoms with Crippen LogP contribution in [0.25, 0.3) is 0 Å². The molecule has 0 aromatic heterocycles. The van der Waals surface area contributed by atoms with Gasteiger partial charge in [0, 0.05) is 12.8 Å². The van der Waals surface area contributed by atoms with E-state index in [-0.39, 0.29) is 24.5 Å². The number of aliphatic carboxylic acids is 1. The Morgan fingerprint density at radius 2 is 0.939 bits per heavy atom. The first-order chi connectivity index (χ1) is 24.0. The predicted octanol–water partition coefficient (Wildman–Crippen LogP) is 12.5. The van der Waals surface area contributed by atoms with Crippen molar-refractivity contribution in [3.05, 3.63) is 36.5 Å². The molecule has 2 N–H and O–H groups in total. The lowest BCUT2D eigenvalue weighted by molar-refractivity contribution is -0.150. The van der Waals surface area contributed by atoms with Crippen molar-refractivity contribution in [1.82, 2.24) is 5.32 Å². The summed E-state index contributed by atoms with van der Waals surface area (Å²) in [5.74, 6) is -1.24. The van der Waals surface area contributed by atoms with Crippen molar-refractivity contribution >= 4 is 17.8 Å². The molecule has 0 aliphatic heterocycles. The van der Waals surface area contributed by atoms with Gasteiger partial charge < -0.3 is 15.2 Å². The van der Waals surface area contributed by atoms with Crippen LogP contribution in [0.3, 0.4) is 0 Å². The summed E-state index contributed by atoms with van der Waals surface area (Å²) in [5.41, 5.74) is 0. The molecule has 284 valence electrons. The number of carboxylic acid groups (broad SMARTS) is 1. The number of ether oxygens (including phenoxy) is 1. The number of amides is 1. The van der Waals surface area contributed by atoms with Crippen LogP contribution in [-0.2, 0) is 19.1 Å². The second-order valence-corrected chi connectivity index (χ2v) is 13.9. The minimum atomic E-state index is -1.02. The van der Waals surface area contributed by atoms with Crippen LogP contribution in [-0.4, -0.2) is 35.6 Å². The average Bonchev–Trinajstić information content (AvgIpc) is 3.08. The number of carbonyl (C=O) groups is 3. The standard InChI is InChI=1S/C43H77NO5/c1-3-5-7-9-11-13-14-15-16-17-18-19-20-21-22-23-25-30-34-38-43(48)49-40(35-31-27-24-12-10-8-6-4-2)36-32-28-26-29-33-37-41(45)44-39-42(46)47/h11,13,15-16,18-19,40H,3-10,12,14,17,20-39H2,1-2H3,(H,44,45)(H,46,47)/b13-11-,16-15-,19-18-. The molecule has 1 unspecified atom stereocenters. The van der Waals surface area contributed by atoms with Crippen molar-refractivity contribution in [2.45, 2.75) is 213 Å². The largest absolute Gasteiger partial charge is 0.480 e. The molecule has 0 spiro atoms. The predicted molar refractivity (Wildman–Crippen MR) is 208 cm³/mol. The van der Waals surface area contributed by atoms with Crippen LogP contribution in [0, 0.1) is 0 Å². The van der Waals surface area contributed by atoms with Gasteiger partial charge in [-0.3, -0.25) is 14.4 Å². The van der Waals surface area contributed by atoms with Crippen molar-refractivity contribution in [2.24, 2.45) is 0 Å². The van der Waals surface area contributed by atoms with Crippen LogP contribution >= 0.6 is 0 Å². The summed E-state index contributed by atoms with van der Waals surface area (Å²) >= 11 is 0. The molecule has 0 heterocycles. The highest BCUT2D eigenvalue weighted by atomic mass is 16.5. The van der Waals surface area contributed by atoms with E-state index < -0.39 is 5.97 Å². The Morgan fingerprint density at radius 3 is 1.47 bits per heavy atom. The normalized spacial score (nSPS) is 12.4. The zero-order valence-corrected chi connectivity index (χ0v) is 32.0. The van der Waals surface area contributed by atoms with Gasteiger partial charge in [-0.05, 0) is 77.0 Å². The Bertz CT molecular complexity index is 849. The van der Waals surface area contributed by atoms with Gasteiger partial charge in [-0.2, -0.15) is 0 Å². The van der Waals surface area contributed by atoms with Crippen LogP contribution in [0.1, 0.15) is 206 Å². The number of hydrogen-bond donors (Lipinski definition) is 2. The molecule has 0 aliphatic carbocycles. The van der Waals surface area contributed by atoms with Crippen LogP contribution in [0.2, 0.25) is 0 Å². The third-order valence-electron chi connectivity index (χ3n) is 9.06. The molecule has 0 bridgehead atoms. The van der Waals surface area contributed by atoms with Gasteiger partial charge in [0.05, 0.1) is 0 Å². The highest BCUT2D eigenvalue weighted by Crippen LogP contribution is 2.19. The van der Waals surface area contributed by atoms with Crippen LogP contribution in [0.5, 0.6) is 0 Å². The molecular weight excluding hydrogens is 610 g/mol. The Kier molecular flexibility index (Phi) is 36.6. The lowest BCUT2D eigenvalue weighted by Crippen LogP contribution is -2.28. The number of carboxylic acids is 1. The molecule has 0 saturated carbocycles. The van der Waals surface area contributed by atoms with E-state index in [1.54, 1.807) is 0 Å². The molecule has 0 aromatic rings. The van der Waals surface area contributed by atoms with Gasteiger partial charge in [-0.25, -0.2) is 0 Å². The van der Waals surface area contributed by atoms with E-state index in [4.69, 9.17) is 9.84 Å². The number of rotatable bonds is 37. The minimum Gasteiger partial charge on any atom is -0.480 e. The SMILES string of the molecule is CCCCC/C=C\C/C=C\C/C=C\CCCCCCCCC(=O)OC(CCCCCCCCCC)CCCCCCCC(=O)NCC(=O)O. The number of esters is 1. The fourth-order valence-electron chi connectivity index (χ4n) is 5.99.